The molecule has 1 unspecified atom stereocenters. The van der Waals surface area contributed by atoms with Crippen LogP contribution in [0.25, 0.3) is 0 Å². The Hall–Kier alpha value is -2.11. The van der Waals surface area contributed by atoms with Crippen molar-refractivity contribution in [2.45, 2.75) is 28.1 Å². The number of carbonyl (C=O) groups excluding carboxylic acids is 1. The molecule has 0 saturated heterocycles. The van der Waals surface area contributed by atoms with Gasteiger partial charge in [-0.1, -0.05) is 18.2 Å². The molecule has 0 amide bonds. The van der Waals surface area contributed by atoms with Crippen LogP contribution in [0.2, 0.25) is 0 Å². The number of methoxy groups -OCH3 is 1. The van der Waals surface area contributed by atoms with Crippen molar-refractivity contribution in [3.8, 4) is 0 Å². The van der Waals surface area contributed by atoms with E-state index in [9.17, 15) is 30.8 Å². The van der Waals surface area contributed by atoms with Crippen LogP contribution in [0, 0.1) is 5.82 Å². The molecule has 0 bridgehead atoms. The number of esters is 1. The van der Waals surface area contributed by atoms with Crippen LogP contribution in [-0.4, -0.2) is 45.7 Å². The molecule has 0 fully saturated rings. The summed E-state index contributed by atoms with van der Waals surface area (Å²) in [5.74, 6) is -1.77. The molecular formula is C19H19F4NO4S2. The highest BCUT2D eigenvalue weighted by molar-refractivity contribution is 7.99. The number of carbonyl (C=O) groups is 1. The van der Waals surface area contributed by atoms with Crippen molar-refractivity contribution in [3.05, 3.63) is 59.9 Å². The SMILES string of the molecule is COC(=O)[C@H](CSc1cccc(S(C)(=O)=O)c1)NC(c1ccc(F)cc1)C(F)(F)F. The smallest absolute Gasteiger partial charge is 0.407 e. The summed E-state index contributed by atoms with van der Waals surface area (Å²) in [4.78, 5) is 12.6. The normalized spacial score (nSPS) is 14.2. The minimum atomic E-state index is -4.76. The quantitative estimate of drug-likeness (QED) is 0.364. The van der Waals surface area contributed by atoms with Gasteiger partial charge in [-0.2, -0.15) is 13.2 Å². The molecule has 0 radical (unpaired) electrons. The van der Waals surface area contributed by atoms with Crippen molar-refractivity contribution >= 4 is 27.6 Å². The summed E-state index contributed by atoms with van der Waals surface area (Å²) >= 11 is 0.998. The van der Waals surface area contributed by atoms with Crippen LogP contribution < -0.4 is 5.32 Å². The van der Waals surface area contributed by atoms with Gasteiger partial charge in [0.1, 0.15) is 17.9 Å². The molecule has 2 rings (SSSR count). The zero-order valence-corrected chi connectivity index (χ0v) is 17.6. The Morgan fingerprint density at radius 2 is 1.80 bits per heavy atom. The molecule has 0 aromatic heterocycles. The third kappa shape index (κ3) is 6.71. The van der Waals surface area contributed by atoms with Gasteiger partial charge in [-0.25, -0.2) is 12.8 Å². The van der Waals surface area contributed by atoms with Gasteiger partial charge in [-0.05, 0) is 35.9 Å². The Bertz CT molecular complexity index is 979. The number of thioether (sulfide) groups is 1. The number of rotatable bonds is 8. The van der Waals surface area contributed by atoms with Gasteiger partial charge < -0.3 is 4.74 Å². The molecule has 164 valence electrons. The maximum absolute atomic E-state index is 13.6. The van der Waals surface area contributed by atoms with E-state index in [1.165, 1.54) is 18.2 Å². The minimum Gasteiger partial charge on any atom is -0.468 e. The maximum atomic E-state index is 13.6. The van der Waals surface area contributed by atoms with Crippen LogP contribution in [0.1, 0.15) is 11.6 Å². The fraction of sp³-hybridized carbons (Fsp3) is 0.316. The fourth-order valence-corrected chi connectivity index (χ4v) is 4.25. The lowest BCUT2D eigenvalue weighted by molar-refractivity contribution is -0.163. The maximum Gasteiger partial charge on any atom is 0.407 e. The average Bonchev–Trinajstić information content (AvgIpc) is 2.67. The summed E-state index contributed by atoms with van der Waals surface area (Å²) in [6, 6.07) is 6.01. The lowest BCUT2D eigenvalue weighted by Crippen LogP contribution is -2.46. The number of alkyl halides is 3. The van der Waals surface area contributed by atoms with E-state index in [1.807, 2.05) is 0 Å². The van der Waals surface area contributed by atoms with Crippen molar-refractivity contribution in [1.82, 2.24) is 5.32 Å². The number of sulfone groups is 1. The van der Waals surface area contributed by atoms with Gasteiger partial charge >= 0.3 is 12.1 Å². The Labute approximate surface area is 175 Å². The minimum absolute atomic E-state index is 0.0505. The van der Waals surface area contributed by atoms with Crippen molar-refractivity contribution in [1.29, 1.82) is 0 Å². The number of halogens is 4. The second-order valence-electron chi connectivity index (χ2n) is 6.33. The van der Waals surface area contributed by atoms with Crippen molar-refractivity contribution in [3.63, 3.8) is 0 Å². The predicted molar refractivity (Wildman–Crippen MR) is 104 cm³/mol. The van der Waals surface area contributed by atoms with E-state index in [1.54, 1.807) is 6.07 Å². The number of benzene rings is 2. The summed E-state index contributed by atoms with van der Waals surface area (Å²) in [6.07, 6.45) is -3.73. The van der Waals surface area contributed by atoms with Gasteiger partial charge in [0.2, 0.25) is 0 Å². The van der Waals surface area contributed by atoms with Gasteiger partial charge in [0.25, 0.3) is 0 Å². The molecule has 0 spiro atoms. The summed E-state index contributed by atoms with van der Waals surface area (Å²) < 4.78 is 81.8. The molecule has 0 saturated carbocycles. The zero-order chi connectivity index (χ0) is 22.5. The average molecular weight is 465 g/mol. The van der Waals surface area contributed by atoms with Gasteiger partial charge in [0.05, 0.1) is 12.0 Å². The van der Waals surface area contributed by atoms with Crippen molar-refractivity contribution < 1.29 is 35.5 Å². The first kappa shape index (κ1) is 24.2. The molecule has 0 aliphatic rings. The second-order valence-corrected chi connectivity index (χ2v) is 9.44. The molecule has 2 aromatic rings. The van der Waals surface area contributed by atoms with Crippen molar-refractivity contribution in [2.24, 2.45) is 0 Å². The van der Waals surface area contributed by atoms with Gasteiger partial charge in [-0.15, -0.1) is 11.8 Å². The van der Waals surface area contributed by atoms with E-state index in [4.69, 9.17) is 0 Å². The van der Waals surface area contributed by atoms with E-state index in [0.717, 1.165) is 49.4 Å². The van der Waals surface area contributed by atoms with E-state index >= 15 is 0 Å². The van der Waals surface area contributed by atoms with Gasteiger partial charge in [-0.3, -0.25) is 10.1 Å². The third-order valence-corrected chi connectivity index (χ3v) is 6.23. The van der Waals surface area contributed by atoms with Crippen LogP contribution in [0.5, 0.6) is 0 Å². The van der Waals surface area contributed by atoms with E-state index in [2.05, 4.69) is 10.1 Å². The predicted octanol–water partition coefficient (Wildman–Crippen LogP) is 3.76. The number of hydrogen-bond acceptors (Lipinski definition) is 6. The summed E-state index contributed by atoms with van der Waals surface area (Å²) in [5.41, 5.74) is -0.262. The molecule has 2 aromatic carbocycles. The van der Waals surface area contributed by atoms with Crippen LogP contribution in [-0.2, 0) is 19.4 Å². The van der Waals surface area contributed by atoms with Gasteiger partial charge in [0, 0.05) is 16.9 Å². The Kier molecular flexibility index (Phi) is 7.89. The van der Waals surface area contributed by atoms with E-state index < -0.39 is 39.9 Å². The molecule has 1 N–H and O–H groups in total. The number of ether oxygens (including phenoxy) is 1. The van der Waals surface area contributed by atoms with Crippen LogP contribution in [0.4, 0.5) is 17.6 Å². The topological polar surface area (TPSA) is 72.5 Å². The van der Waals surface area contributed by atoms with Crippen molar-refractivity contribution in [2.75, 3.05) is 19.1 Å². The third-order valence-electron chi connectivity index (χ3n) is 4.03. The second kappa shape index (κ2) is 9.80. The summed E-state index contributed by atoms with van der Waals surface area (Å²) in [7, 11) is -2.41. The highest BCUT2D eigenvalue weighted by Gasteiger charge is 2.43. The standard InChI is InChI=1S/C19H19F4NO4S2/c1-28-18(25)16(11-29-14-4-3-5-15(10-14)30(2,26)27)24-17(19(21,22)23)12-6-8-13(20)9-7-12/h3-10,16-17,24H,11H2,1-2H3/t16-,17?/m0/s1. The largest absolute Gasteiger partial charge is 0.468 e. The Morgan fingerprint density at radius 1 is 1.17 bits per heavy atom. The lowest BCUT2D eigenvalue weighted by atomic mass is 10.1. The first-order chi connectivity index (χ1) is 13.9. The molecule has 11 heteroatoms. The molecule has 5 nitrogen and oxygen atoms in total. The molecule has 30 heavy (non-hydrogen) atoms. The van der Waals surface area contributed by atoms with Crippen LogP contribution >= 0.6 is 11.8 Å². The zero-order valence-electron chi connectivity index (χ0n) is 15.9. The number of nitrogens with one attached hydrogen (secondary N) is 1. The summed E-state index contributed by atoms with van der Waals surface area (Å²) in [5, 5.41) is 2.23. The van der Waals surface area contributed by atoms with Crippen LogP contribution in [0.3, 0.4) is 0 Å². The monoisotopic (exact) mass is 465 g/mol. The molecule has 0 heterocycles. The van der Waals surface area contributed by atoms with E-state index in [0.29, 0.717) is 4.90 Å². The van der Waals surface area contributed by atoms with Gasteiger partial charge in [0.15, 0.2) is 9.84 Å². The first-order valence-corrected chi connectivity index (χ1v) is 11.4. The molecule has 0 aliphatic carbocycles. The Morgan fingerprint density at radius 3 is 2.33 bits per heavy atom. The molecule has 2 atom stereocenters. The molecular weight excluding hydrogens is 446 g/mol. The Balaban J connectivity index is 2.24. The fourth-order valence-electron chi connectivity index (χ4n) is 2.54. The van der Waals surface area contributed by atoms with E-state index in [-0.39, 0.29) is 16.2 Å². The number of hydrogen-bond donors (Lipinski definition) is 1. The molecule has 0 aliphatic heterocycles. The highest BCUT2D eigenvalue weighted by Crippen LogP contribution is 2.34. The lowest BCUT2D eigenvalue weighted by Gasteiger charge is -2.26. The summed E-state index contributed by atoms with van der Waals surface area (Å²) in [6.45, 7) is 0. The first-order valence-electron chi connectivity index (χ1n) is 8.51. The van der Waals surface area contributed by atoms with Crippen LogP contribution in [0.15, 0.2) is 58.3 Å². The highest BCUT2D eigenvalue weighted by atomic mass is 32.2.